The zero-order chi connectivity index (χ0) is 10.6. The highest BCUT2D eigenvalue weighted by atomic mass is 32.2. The van der Waals surface area contributed by atoms with E-state index < -0.39 is 10.1 Å². The number of nitriles is 1. The van der Waals surface area contributed by atoms with E-state index in [1.807, 2.05) is 0 Å². The molecule has 0 unspecified atom stereocenters. The Morgan fingerprint density at radius 3 is 2.60 bits per heavy atom. The quantitative estimate of drug-likeness (QED) is 0.485. The summed E-state index contributed by atoms with van der Waals surface area (Å²) in [5.74, 6) is 1.06. The molecule has 5 rings (SSSR count). The third kappa shape index (κ3) is 0.769. The average Bonchev–Trinajstić information content (AvgIpc) is 2.98. The summed E-state index contributed by atoms with van der Waals surface area (Å²) in [7, 11) is -3.41. The molecule has 1 N–H and O–H groups in total. The van der Waals surface area contributed by atoms with E-state index in [4.69, 9.17) is 9.44 Å². The van der Waals surface area contributed by atoms with Gasteiger partial charge in [0.1, 0.15) is 0 Å². The highest BCUT2D eigenvalue weighted by Crippen LogP contribution is 2.90. The lowest BCUT2D eigenvalue weighted by molar-refractivity contribution is 0.114. The predicted octanol–water partition coefficient (Wildman–Crippen LogP) is -0.929. The lowest BCUT2D eigenvalue weighted by Crippen LogP contribution is -2.39. The SMILES string of the molecule is CS(=O)(=O)O[C@@H]1[C@H]2N[C@H]2[C@H]2[C@H]3[C@@H]1[C@@]32C#N. The van der Waals surface area contributed by atoms with Crippen LogP contribution in [0.25, 0.3) is 0 Å². The van der Waals surface area contributed by atoms with Crippen LogP contribution >= 0.6 is 0 Å². The minimum absolute atomic E-state index is 0.165. The van der Waals surface area contributed by atoms with Crippen LogP contribution in [0, 0.1) is 34.5 Å². The van der Waals surface area contributed by atoms with Crippen LogP contribution in [-0.4, -0.2) is 32.9 Å². The molecular weight excluding hydrogens is 216 g/mol. The average molecular weight is 226 g/mol. The molecule has 4 saturated carbocycles. The minimum atomic E-state index is -3.41. The molecule has 80 valence electrons. The van der Waals surface area contributed by atoms with E-state index in [0.29, 0.717) is 17.9 Å². The van der Waals surface area contributed by atoms with Gasteiger partial charge in [0.2, 0.25) is 0 Å². The highest BCUT2D eigenvalue weighted by molar-refractivity contribution is 7.86. The second-order valence-corrected chi connectivity index (χ2v) is 6.71. The maximum atomic E-state index is 11.1. The van der Waals surface area contributed by atoms with Gasteiger partial charge >= 0.3 is 0 Å². The lowest BCUT2D eigenvalue weighted by Gasteiger charge is -2.27. The Kier molecular flexibility index (Phi) is 1.11. The smallest absolute Gasteiger partial charge is 0.264 e. The van der Waals surface area contributed by atoms with Crippen molar-refractivity contribution >= 4 is 10.1 Å². The van der Waals surface area contributed by atoms with Gasteiger partial charge in [0.25, 0.3) is 10.1 Å². The van der Waals surface area contributed by atoms with E-state index in [1.54, 1.807) is 0 Å². The van der Waals surface area contributed by atoms with Gasteiger partial charge in [0.15, 0.2) is 0 Å². The molecule has 15 heavy (non-hydrogen) atoms. The molecule has 0 aromatic heterocycles. The standard InChI is InChI=1S/C9H10N2O3S/c1-15(12,13)14-8-5-3-4(6-7(8)11-6)9(3,5)2-10/h3-8,11H,1H3/t3-,4+,5-,6-,7-,8-,9-/m0/s1. The summed E-state index contributed by atoms with van der Waals surface area (Å²) in [6.45, 7) is 0. The second-order valence-electron chi connectivity index (χ2n) is 5.11. The molecule has 1 aliphatic heterocycles. The Morgan fingerprint density at radius 2 is 2.07 bits per heavy atom. The van der Waals surface area contributed by atoms with E-state index in [1.165, 1.54) is 0 Å². The maximum absolute atomic E-state index is 11.1. The molecule has 1 saturated heterocycles. The minimum Gasteiger partial charge on any atom is -0.305 e. The molecule has 5 nitrogen and oxygen atoms in total. The number of nitrogens with one attached hydrogen (secondary N) is 1. The van der Waals surface area contributed by atoms with Crippen molar-refractivity contribution in [3.8, 4) is 6.07 Å². The van der Waals surface area contributed by atoms with E-state index in [2.05, 4.69) is 11.4 Å². The molecule has 5 aliphatic rings. The Morgan fingerprint density at radius 1 is 1.33 bits per heavy atom. The molecule has 0 aromatic rings. The number of hydrogen-bond acceptors (Lipinski definition) is 5. The summed E-state index contributed by atoms with van der Waals surface area (Å²) in [5, 5.41) is 12.3. The molecule has 6 heteroatoms. The zero-order valence-corrected chi connectivity index (χ0v) is 8.86. The van der Waals surface area contributed by atoms with Crippen LogP contribution in [0.4, 0.5) is 0 Å². The summed E-state index contributed by atoms with van der Waals surface area (Å²) in [5.41, 5.74) is -0.222. The van der Waals surface area contributed by atoms with Gasteiger partial charge < -0.3 is 5.32 Å². The maximum Gasteiger partial charge on any atom is 0.264 e. The molecule has 7 atom stereocenters. The molecule has 0 spiro atoms. The van der Waals surface area contributed by atoms with Crippen molar-refractivity contribution in [2.45, 2.75) is 18.2 Å². The van der Waals surface area contributed by atoms with Crippen LogP contribution in [0.15, 0.2) is 0 Å². The first-order valence-electron chi connectivity index (χ1n) is 5.06. The summed E-state index contributed by atoms with van der Waals surface area (Å²) in [6.07, 6.45) is 0.781. The Hall–Kier alpha value is -0.640. The van der Waals surface area contributed by atoms with Crippen LogP contribution in [-0.2, 0) is 14.3 Å². The van der Waals surface area contributed by atoms with Gasteiger partial charge in [-0.2, -0.15) is 13.7 Å². The molecule has 4 aliphatic carbocycles. The fraction of sp³-hybridized carbons (Fsp3) is 0.889. The number of rotatable bonds is 2. The van der Waals surface area contributed by atoms with Gasteiger partial charge in [-0.3, -0.25) is 4.18 Å². The van der Waals surface area contributed by atoms with Crippen molar-refractivity contribution in [1.82, 2.24) is 5.32 Å². The van der Waals surface area contributed by atoms with Gasteiger partial charge in [0, 0.05) is 12.0 Å². The first kappa shape index (κ1) is 8.50. The van der Waals surface area contributed by atoms with Crippen molar-refractivity contribution in [2.75, 3.05) is 6.26 Å². The fourth-order valence-corrected chi connectivity index (χ4v) is 4.46. The second kappa shape index (κ2) is 1.95. The van der Waals surface area contributed by atoms with E-state index in [0.717, 1.165) is 6.26 Å². The molecule has 2 bridgehead atoms. The van der Waals surface area contributed by atoms with E-state index in [-0.39, 0.29) is 23.5 Å². The molecular formula is C9H10N2O3S. The molecule has 0 radical (unpaired) electrons. The van der Waals surface area contributed by atoms with Crippen LogP contribution < -0.4 is 5.32 Å². The van der Waals surface area contributed by atoms with Gasteiger partial charge in [-0.25, -0.2) is 0 Å². The van der Waals surface area contributed by atoms with Crippen molar-refractivity contribution in [2.24, 2.45) is 23.2 Å². The summed E-state index contributed by atoms with van der Waals surface area (Å²) < 4.78 is 27.3. The molecule has 1 heterocycles. The first-order valence-corrected chi connectivity index (χ1v) is 6.88. The topological polar surface area (TPSA) is 89.1 Å². The van der Waals surface area contributed by atoms with Crippen molar-refractivity contribution < 1.29 is 12.6 Å². The summed E-state index contributed by atoms with van der Waals surface area (Å²) >= 11 is 0. The Balaban J connectivity index is 1.65. The molecule has 0 aromatic carbocycles. The summed E-state index contributed by atoms with van der Waals surface area (Å²) in [4.78, 5) is 0. The lowest BCUT2D eigenvalue weighted by atomic mass is 9.81. The molecule has 0 amide bonds. The normalized spacial score (nSPS) is 62.4. The first-order chi connectivity index (χ1) is 7.00. The van der Waals surface area contributed by atoms with Crippen LogP contribution in [0.3, 0.4) is 0 Å². The van der Waals surface area contributed by atoms with Gasteiger partial charge in [-0.05, 0) is 11.8 Å². The third-order valence-corrected chi connectivity index (χ3v) is 5.02. The Bertz CT molecular complexity index is 510. The monoisotopic (exact) mass is 226 g/mol. The number of nitrogens with zero attached hydrogens (tertiary/aromatic N) is 1. The van der Waals surface area contributed by atoms with Gasteiger partial charge in [0.05, 0.1) is 29.9 Å². The van der Waals surface area contributed by atoms with Crippen molar-refractivity contribution in [3.05, 3.63) is 0 Å². The summed E-state index contributed by atoms with van der Waals surface area (Å²) in [6, 6.07) is 2.86. The van der Waals surface area contributed by atoms with Gasteiger partial charge in [-0.15, -0.1) is 0 Å². The van der Waals surface area contributed by atoms with Gasteiger partial charge in [-0.1, -0.05) is 0 Å². The van der Waals surface area contributed by atoms with Crippen LogP contribution in [0.1, 0.15) is 0 Å². The largest absolute Gasteiger partial charge is 0.305 e. The van der Waals surface area contributed by atoms with Crippen LogP contribution in [0.5, 0.6) is 0 Å². The van der Waals surface area contributed by atoms with Crippen molar-refractivity contribution in [1.29, 1.82) is 5.26 Å². The third-order valence-electron chi connectivity index (χ3n) is 4.45. The number of hydrogen-bond donors (Lipinski definition) is 1. The molecule has 5 fully saturated rings. The van der Waals surface area contributed by atoms with Crippen molar-refractivity contribution in [3.63, 3.8) is 0 Å². The van der Waals surface area contributed by atoms with E-state index >= 15 is 0 Å². The predicted molar refractivity (Wildman–Crippen MR) is 48.9 cm³/mol. The van der Waals surface area contributed by atoms with E-state index in [9.17, 15) is 8.42 Å². The highest BCUT2D eigenvalue weighted by Gasteiger charge is 2.97. The van der Waals surface area contributed by atoms with Crippen LogP contribution in [0.2, 0.25) is 0 Å². The zero-order valence-electron chi connectivity index (χ0n) is 8.04. The Labute approximate surface area is 87.5 Å². The fourth-order valence-electron chi connectivity index (χ4n) is 3.81.